The monoisotopic (exact) mass is 445 g/mol. The van der Waals surface area contributed by atoms with Crippen molar-refractivity contribution in [3.63, 3.8) is 0 Å². The van der Waals surface area contributed by atoms with Gasteiger partial charge in [0.1, 0.15) is 5.69 Å². The number of rotatable bonds is 4. The molecule has 1 aromatic heterocycles. The Morgan fingerprint density at radius 3 is 2.48 bits per heavy atom. The van der Waals surface area contributed by atoms with Crippen LogP contribution in [0.15, 0.2) is 72.0 Å². The van der Waals surface area contributed by atoms with E-state index >= 15 is 0 Å². The molecule has 0 N–H and O–H groups in total. The first-order valence-electron chi connectivity index (χ1n) is 9.36. The van der Waals surface area contributed by atoms with Gasteiger partial charge in [0.2, 0.25) is 15.0 Å². The number of nitrogens with zero attached hydrogens (tertiary/aromatic N) is 3. The SMILES string of the molecule is CS(=O)(=O)c1nc(C2=CN(Cc3ccc4ccccc4c3)CC=C2)cc(C(F)(F)F)n1. The second kappa shape index (κ2) is 7.81. The van der Waals surface area contributed by atoms with Crippen LogP contribution in [0.1, 0.15) is 17.0 Å². The maximum Gasteiger partial charge on any atom is 0.433 e. The Bertz CT molecular complexity index is 1320. The van der Waals surface area contributed by atoms with Crippen molar-refractivity contribution in [3.05, 3.63) is 83.8 Å². The molecule has 160 valence electrons. The van der Waals surface area contributed by atoms with Crippen molar-refractivity contribution in [3.8, 4) is 0 Å². The Labute approximate surface area is 177 Å². The number of fused-ring (bicyclic) bond motifs is 1. The summed E-state index contributed by atoms with van der Waals surface area (Å²) in [4.78, 5) is 9.00. The van der Waals surface area contributed by atoms with E-state index in [1.165, 1.54) is 0 Å². The largest absolute Gasteiger partial charge is 0.433 e. The van der Waals surface area contributed by atoms with Crippen LogP contribution >= 0.6 is 0 Å². The molecule has 2 heterocycles. The summed E-state index contributed by atoms with van der Waals surface area (Å²) in [5.74, 6) is 0. The highest BCUT2D eigenvalue weighted by atomic mass is 32.2. The van der Waals surface area contributed by atoms with E-state index in [-0.39, 0.29) is 5.69 Å². The molecular weight excluding hydrogens is 427 g/mol. The number of sulfone groups is 1. The second-order valence-electron chi connectivity index (χ2n) is 7.29. The van der Waals surface area contributed by atoms with Gasteiger partial charge in [-0.25, -0.2) is 18.4 Å². The smallest absolute Gasteiger partial charge is 0.369 e. The molecule has 0 spiro atoms. The Kier molecular flexibility index (Phi) is 5.30. The lowest BCUT2D eigenvalue weighted by molar-refractivity contribution is -0.141. The van der Waals surface area contributed by atoms with Crippen LogP contribution in [0.4, 0.5) is 13.2 Å². The zero-order chi connectivity index (χ0) is 22.2. The summed E-state index contributed by atoms with van der Waals surface area (Å²) >= 11 is 0. The molecule has 0 bridgehead atoms. The van der Waals surface area contributed by atoms with Crippen LogP contribution in [-0.2, 0) is 22.6 Å². The summed E-state index contributed by atoms with van der Waals surface area (Å²) in [7, 11) is -4.02. The van der Waals surface area contributed by atoms with Crippen LogP contribution in [0.25, 0.3) is 16.3 Å². The van der Waals surface area contributed by atoms with Crippen molar-refractivity contribution in [2.75, 3.05) is 12.8 Å². The maximum atomic E-state index is 13.3. The van der Waals surface area contributed by atoms with Gasteiger partial charge in [0, 0.05) is 31.1 Å². The van der Waals surface area contributed by atoms with Crippen molar-refractivity contribution in [1.82, 2.24) is 14.9 Å². The highest BCUT2D eigenvalue weighted by Crippen LogP contribution is 2.31. The van der Waals surface area contributed by atoms with Gasteiger partial charge < -0.3 is 4.90 Å². The van der Waals surface area contributed by atoms with Gasteiger partial charge in [-0.3, -0.25) is 0 Å². The first-order valence-corrected chi connectivity index (χ1v) is 11.3. The lowest BCUT2D eigenvalue weighted by atomic mass is 10.1. The fourth-order valence-electron chi connectivity index (χ4n) is 3.32. The summed E-state index contributed by atoms with van der Waals surface area (Å²) < 4.78 is 63.4. The van der Waals surface area contributed by atoms with E-state index in [2.05, 4.69) is 16.0 Å². The first-order chi connectivity index (χ1) is 14.6. The van der Waals surface area contributed by atoms with Crippen molar-refractivity contribution in [2.45, 2.75) is 17.9 Å². The average Bonchev–Trinajstić information content (AvgIpc) is 2.72. The molecule has 5 nitrogen and oxygen atoms in total. The average molecular weight is 445 g/mol. The van der Waals surface area contributed by atoms with Crippen LogP contribution in [0.3, 0.4) is 0 Å². The molecule has 1 aliphatic heterocycles. The van der Waals surface area contributed by atoms with Crippen LogP contribution in [0, 0.1) is 0 Å². The standard InChI is InChI=1S/C22H18F3N3O2S/c1-31(29,30)21-26-19(12-20(27-21)22(23,24)25)18-7-4-10-28(14-18)13-15-8-9-16-5-2-3-6-17(16)11-15/h2-9,11-12,14H,10,13H2,1H3. The molecule has 0 amide bonds. The van der Waals surface area contributed by atoms with Crippen LogP contribution in [-0.4, -0.2) is 36.1 Å². The van der Waals surface area contributed by atoms with Gasteiger partial charge in [0.05, 0.1) is 5.69 Å². The number of allylic oxidation sites excluding steroid dienone is 2. The molecule has 4 rings (SSSR count). The van der Waals surface area contributed by atoms with Gasteiger partial charge in [-0.15, -0.1) is 0 Å². The van der Waals surface area contributed by atoms with Crippen molar-refractivity contribution in [2.24, 2.45) is 0 Å². The maximum absolute atomic E-state index is 13.3. The van der Waals surface area contributed by atoms with E-state index in [4.69, 9.17) is 0 Å². The van der Waals surface area contributed by atoms with Crippen molar-refractivity contribution >= 4 is 26.2 Å². The van der Waals surface area contributed by atoms with Gasteiger partial charge in [0.15, 0.2) is 0 Å². The first kappa shape index (κ1) is 21.0. The van der Waals surface area contributed by atoms with Crippen LogP contribution in [0.2, 0.25) is 0 Å². The molecule has 0 aliphatic carbocycles. The molecule has 0 atom stereocenters. The van der Waals surface area contributed by atoms with E-state index in [0.29, 0.717) is 18.7 Å². The van der Waals surface area contributed by atoms with E-state index < -0.39 is 26.9 Å². The highest BCUT2D eigenvalue weighted by Gasteiger charge is 2.35. The third-order valence-corrected chi connectivity index (χ3v) is 5.63. The minimum atomic E-state index is -4.79. The zero-order valence-electron chi connectivity index (χ0n) is 16.5. The van der Waals surface area contributed by atoms with E-state index in [1.807, 2.05) is 41.3 Å². The molecule has 0 radical (unpaired) electrons. The summed E-state index contributed by atoms with van der Waals surface area (Å²) in [6, 6.07) is 14.8. The lowest BCUT2D eigenvalue weighted by Gasteiger charge is -2.23. The minimum Gasteiger partial charge on any atom is -0.369 e. The molecule has 9 heteroatoms. The number of benzene rings is 2. The fraction of sp³-hybridized carbons (Fsp3) is 0.182. The highest BCUT2D eigenvalue weighted by molar-refractivity contribution is 7.90. The Balaban J connectivity index is 1.68. The number of halogens is 3. The van der Waals surface area contributed by atoms with E-state index in [9.17, 15) is 21.6 Å². The molecule has 1 aliphatic rings. The predicted octanol–water partition coefficient (Wildman–Crippen LogP) is 4.47. The molecule has 31 heavy (non-hydrogen) atoms. The quantitative estimate of drug-likeness (QED) is 0.555. The van der Waals surface area contributed by atoms with Gasteiger partial charge in [0.25, 0.3) is 0 Å². The van der Waals surface area contributed by atoms with Crippen LogP contribution in [0.5, 0.6) is 0 Å². The summed E-state index contributed by atoms with van der Waals surface area (Å²) in [6.07, 6.45) is 1.10. The zero-order valence-corrected chi connectivity index (χ0v) is 17.3. The van der Waals surface area contributed by atoms with E-state index in [1.54, 1.807) is 18.4 Å². The predicted molar refractivity (Wildman–Crippen MR) is 112 cm³/mol. The van der Waals surface area contributed by atoms with Gasteiger partial charge in [-0.1, -0.05) is 48.6 Å². The molecule has 0 saturated carbocycles. The number of hydrogen-bond acceptors (Lipinski definition) is 5. The normalized spacial score (nSPS) is 14.7. The Hall–Kier alpha value is -3.20. The molecular formula is C22H18F3N3O2S. The Morgan fingerprint density at radius 1 is 1.03 bits per heavy atom. The van der Waals surface area contributed by atoms with E-state index in [0.717, 1.165) is 28.7 Å². The molecule has 0 saturated heterocycles. The fourth-order valence-corrected chi connectivity index (χ4v) is 3.85. The summed E-state index contributed by atoms with van der Waals surface area (Å²) in [5, 5.41) is 1.37. The topological polar surface area (TPSA) is 63.2 Å². The van der Waals surface area contributed by atoms with Gasteiger partial charge in [-0.05, 0) is 28.5 Å². The summed E-state index contributed by atoms with van der Waals surface area (Å²) in [5.41, 5.74) is 0.0334. The lowest BCUT2D eigenvalue weighted by Crippen LogP contribution is -2.20. The number of alkyl halides is 3. The third kappa shape index (κ3) is 4.77. The third-order valence-electron chi connectivity index (χ3n) is 4.78. The van der Waals surface area contributed by atoms with Gasteiger partial charge >= 0.3 is 6.18 Å². The molecule has 2 aromatic carbocycles. The molecule has 3 aromatic rings. The van der Waals surface area contributed by atoms with Gasteiger partial charge in [-0.2, -0.15) is 13.2 Å². The van der Waals surface area contributed by atoms with Crippen LogP contribution < -0.4 is 0 Å². The second-order valence-corrected chi connectivity index (χ2v) is 9.20. The number of hydrogen-bond donors (Lipinski definition) is 0. The van der Waals surface area contributed by atoms with Crippen molar-refractivity contribution < 1.29 is 21.6 Å². The molecule has 0 fully saturated rings. The minimum absolute atomic E-state index is 0.0952. The number of aromatic nitrogens is 2. The summed E-state index contributed by atoms with van der Waals surface area (Å²) in [6.45, 7) is 1.10. The Morgan fingerprint density at radius 2 is 1.77 bits per heavy atom. The molecule has 0 unspecified atom stereocenters. The van der Waals surface area contributed by atoms with Crippen molar-refractivity contribution in [1.29, 1.82) is 0 Å².